The van der Waals surface area contributed by atoms with Crippen LogP contribution in [0.4, 0.5) is 0 Å². The van der Waals surface area contributed by atoms with Crippen molar-refractivity contribution in [1.82, 2.24) is 29.1 Å². The predicted octanol–water partition coefficient (Wildman–Crippen LogP) is 17.1. The molecule has 76 heavy (non-hydrogen) atoms. The lowest BCUT2D eigenvalue weighted by Crippen LogP contribution is -1.94. The molecule has 0 aliphatic rings. The summed E-state index contributed by atoms with van der Waals surface area (Å²) in [6.07, 6.45) is 15.8. The van der Waals surface area contributed by atoms with Gasteiger partial charge in [0.25, 0.3) is 0 Å². The highest BCUT2D eigenvalue weighted by Crippen LogP contribution is 2.40. The van der Waals surface area contributed by atoms with Crippen LogP contribution in [0.5, 0.6) is 0 Å². The first-order valence-corrected chi connectivity index (χ1v) is 25.3. The number of aliphatic imine (C=N–C) groups is 2. The summed E-state index contributed by atoms with van der Waals surface area (Å²) >= 11 is 0. The molecule has 7 heterocycles. The number of fused-ring (bicyclic) bond motifs is 9. The van der Waals surface area contributed by atoms with Crippen molar-refractivity contribution in [1.29, 1.82) is 0 Å². The van der Waals surface area contributed by atoms with E-state index in [-0.39, 0.29) is 0 Å². The van der Waals surface area contributed by atoms with Crippen molar-refractivity contribution in [3.63, 3.8) is 0 Å². The quantitative estimate of drug-likeness (QED) is 0.141. The highest BCUT2D eigenvalue weighted by molar-refractivity contribution is 6.12. The maximum Gasteiger partial charge on any atom is 0.135 e. The highest BCUT2D eigenvalue weighted by Gasteiger charge is 2.19. The van der Waals surface area contributed by atoms with Crippen molar-refractivity contribution in [2.75, 3.05) is 14.1 Å². The minimum Gasteiger partial charge on any atom is -0.456 e. The van der Waals surface area contributed by atoms with E-state index in [1.807, 2.05) is 75.2 Å². The molecular weight excluding hydrogens is 933 g/mol. The predicted molar refractivity (Wildman–Crippen MR) is 321 cm³/mol. The van der Waals surface area contributed by atoms with Crippen molar-refractivity contribution in [3.8, 4) is 55.9 Å². The number of hydrogen-bond donors (Lipinski definition) is 0. The lowest BCUT2D eigenvalue weighted by Gasteiger charge is -2.10. The molecule has 0 fully saturated rings. The molecule has 0 bridgehead atoms. The summed E-state index contributed by atoms with van der Waals surface area (Å²) in [5.74, 6) is 0. The molecule has 0 aliphatic heterocycles. The molecule has 0 saturated carbocycles. The fourth-order valence-corrected chi connectivity index (χ4v) is 9.82. The average Bonchev–Trinajstić information content (AvgIpc) is 4.25. The summed E-state index contributed by atoms with van der Waals surface area (Å²) in [4.78, 5) is 25.7. The third-order valence-corrected chi connectivity index (χ3v) is 13.1. The molecule has 0 saturated heterocycles. The Kier molecular flexibility index (Phi) is 14.7. The topological polar surface area (TPSA) is 99.3 Å². The number of rotatable bonds is 8. The van der Waals surface area contributed by atoms with Crippen molar-refractivity contribution in [2.24, 2.45) is 9.98 Å². The van der Waals surface area contributed by atoms with E-state index in [0.29, 0.717) is 0 Å². The van der Waals surface area contributed by atoms with Crippen LogP contribution in [0.25, 0.3) is 122 Å². The maximum absolute atomic E-state index is 6.53. The molecule has 13 rings (SSSR count). The van der Waals surface area contributed by atoms with E-state index in [4.69, 9.17) is 14.4 Å². The van der Waals surface area contributed by atoms with Crippen LogP contribution >= 0.6 is 0 Å². The second-order valence-corrected chi connectivity index (χ2v) is 17.7. The molecule has 0 atom stereocenters. The Balaban J connectivity index is 0.000000499. The molecule has 9 heteroatoms. The van der Waals surface area contributed by atoms with Gasteiger partial charge in [0.2, 0.25) is 0 Å². The third-order valence-electron chi connectivity index (χ3n) is 13.1. The smallest absolute Gasteiger partial charge is 0.135 e. The fourth-order valence-electron chi connectivity index (χ4n) is 9.82. The monoisotopic (exact) mass is 988 g/mol. The van der Waals surface area contributed by atoms with Crippen LogP contribution in [0.2, 0.25) is 0 Å². The zero-order chi connectivity index (χ0) is 52.5. The van der Waals surface area contributed by atoms with Crippen LogP contribution in [-0.4, -0.2) is 55.6 Å². The van der Waals surface area contributed by atoms with Crippen molar-refractivity contribution >= 4 is 78.2 Å². The normalized spacial score (nSPS) is 11.2. The summed E-state index contributed by atoms with van der Waals surface area (Å²) in [6.45, 7) is 12.9. The average molecular weight is 989 g/mol. The molecule has 0 N–H and O–H groups in total. The Labute approximate surface area is 442 Å². The van der Waals surface area contributed by atoms with E-state index < -0.39 is 0 Å². The Morgan fingerprint density at radius 1 is 0.421 bits per heavy atom. The minimum absolute atomic E-state index is 0.837. The molecule has 9 nitrogen and oxygen atoms in total. The lowest BCUT2D eigenvalue weighted by atomic mass is 9.99. The zero-order valence-corrected chi connectivity index (χ0v) is 43.3. The second-order valence-electron chi connectivity index (χ2n) is 17.7. The number of aryl methyl sites for hydroxylation is 1. The number of nitrogens with zero attached hydrogens (tertiary/aromatic N) is 8. The molecule has 0 unspecified atom stereocenters. The number of pyridine rings is 4. The van der Waals surface area contributed by atoms with Gasteiger partial charge in [-0.1, -0.05) is 87.7 Å². The van der Waals surface area contributed by atoms with Gasteiger partial charge in [0.05, 0.1) is 33.1 Å². The zero-order valence-electron chi connectivity index (χ0n) is 43.3. The van der Waals surface area contributed by atoms with E-state index >= 15 is 0 Å². The van der Waals surface area contributed by atoms with Gasteiger partial charge >= 0.3 is 0 Å². The lowest BCUT2D eigenvalue weighted by molar-refractivity contribution is 0.669. The largest absolute Gasteiger partial charge is 0.456 e. The first kappa shape index (κ1) is 49.7. The third kappa shape index (κ3) is 9.73. The second kappa shape index (κ2) is 22.5. The van der Waals surface area contributed by atoms with Gasteiger partial charge in [-0.15, -0.1) is 0 Å². The number of benzene rings is 6. The Morgan fingerprint density at radius 3 is 1.34 bits per heavy atom. The number of allylic oxidation sites excluding steroid dienone is 2. The summed E-state index contributed by atoms with van der Waals surface area (Å²) in [7, 11) is 3.42. The molecule has 0 spiro atoms. The first-order valence-electron chi connectivity index (χ1n) is 25.3. The number of furan rings is 1. The summed E-state index contributed by atoms with van der Waals surface area (Å²) in [5.41, 5.74) is 20.1. The van der Waals surface area contributed by atoms with Gasteiger partial charge in [-0.25, -0.2) is 0 Å². The molecule has 6 aromatic carbocycles. The maximum atomic E-state index is 6.53. The van der Waals surface area contributed by atoms with Gasteiger partial charge in [-0.05, 0) is 173 Å². The SMILES string of the molecule is C=CC=NC.C=CC=NC.CC.Cc1ccc2c(n1)c1cc(-c3cccc(-c4ccncc4)c3)ccc1n2-c1ccc2oc3ccc(-n4c5ccc(-c6cccc(-c7ccncc7)c6)cc5c5ncccc54)cc3c2c1. The van der Waals surface area contributed by atoms with Crippen LogP contribution in [-0.2, 0) is 0 Å². The Bertz CT molecular complexity index is 4260. The molecule has 13 aromatic rings. The van der Waals surface area contributed by atoms with E-state index in [9.17, 15) is 0 Å². The highest BCUT2D eigenvalue weighted by atomic mass is 16.3. The first-order chi connectivity index (χ1) is 37.4. The van der Waals surface area contributed by atoms with Gasteiger partial charge in [0, 0.05) is 96.1 Å². The molecule has 0 aliphatic carbocycles. The van der Waals surface area contributed by atoms with Crippen LogP contribution in [0.1, 0.15) is 19.5 Å². The van der Waals surface area contributed by atoms with E-state index in [2.05, 4.69) is 189 Å². The summed E-state index contributed by atoms with van der Waals surface area (Å²) < 4.78 is 11.2. The van der Waals surface area contributed by atoms with Gasteiger partial charge in [-0.2, -0.15) is 0 Å². The van der Waals surface area contributed by atoms with Gasteiger partial charge in [0.1, 0.15) is 11.2 Å². The molecule has 0 amide bonds. The number of aromatic nitrogens is 6. The summed E-state index contributed by atoms with van der Waals surface area (Å²) in [6, 6.07) is 60.5. The van der Waals surface area contributed by atoms with Gasteiger partial charge in [0.15, 0.2) is 0 Å². The fraction of sp³-hybridized carbons (Fsp3) is 0.0746. The van der Waals surface area contributed by atoms with Gasteiger partial charge in [-0.3, -0.25) is 29.9 Å². The van der Waals surface area contributed by atoms with Crippen LogP contribution < -0.4 is 0 Å². The van der Waals surface area contributed by atoms with Gasteiger partial charge < -0.3 is 13.6 Å². The Morgan fingerprint density at radius 2 is 0.868 bits per heavy atom. The number of hydrogen-bond acceptors (Lipinski definition) is 7. The summed E-state index contributed by atoms with van der Waals surface area (Å²) in [5, 5.41) is 4.30. The van der Waals surface area contributed by atoms with Crippen molar-refractivity contribution in [3.05, 3.63) is 232 Å². The molecule has 7 aromatic heterocycles. The molecule has 370 valence electrons. The van der Waals surface area contributed by atoms with Crippen LogP contribution in [0.15, 0.2) is 241 Å². The standard InChI is InChI=1S/C57H36N6O.2C4H7N.C2H6/c1-35-10-15-53-57(61-35)49-32-43(41-8-3-6-39(30-41)37-22-27-59-28-23-37)12-17-51(49)63(53)45-14-19-55-47(34-45)46-33-44(13-18-54(46)64-55)62-50-16-11-42(31-48(50)56-52(62)9-4-24-60-56)40-7-2-5-38(29-40)36-20-25-58-26-21-36;2*1-3-4-5-2;1-2/h2-34H,1H3;2*3-4H,1H2,2H3;1-2H3. The Hall–Kier alpha value is -9.86. The molecular formula is C67H56N8O. The molecule has 0 radical (unpaired) electrons. The minimum atomic E-state index is 0.837. The van der Waals surface area contributed by atoms with E-state index in [1.54, 1.807) is 38.7 Å². The van der Waals surface area contributed by atoms with Crippen molar-refractivity contribution < 1.29 is 4.42 Å². The van der Waals surface area contributed by atoms with Crippen LogP contribution in [0.3, 0.4) is 0 Å². The van der Waals surface area contributed by atoms with Crippen LogP contribution in [0, 0.1) is 6.92 Å². The van der Waals surface area contributed by atoms with Crippen molar-refractivity contribution in [2.45, 2.75) is 20.8 Å². The van der Waals surface area contributed by atoms with E-state index in [1.165, 1.54) is 0 Å². The van der Waals surface area contributed by atoms with E-state index in [0.717, 1.165) is 127 Å².